The zero-order valence-electron chi connectivity index (χ0n) is 12.8. The monoisotopic (exact) mass is 291 g/mol. The summed E-state index contributed by atoms with van der Waals surface area (Å²) in [5.41, 5.74) is 6.64. The second-order valence-electron chi connectivity index (χ2n) is 5.15. The quantitative estimate of drug-likeness (QED) is 0.688. The number of hydrogen-bond acceptors (Lipinski definition) is 2. The smallest absolute Gasteiger partial charge is 0.316 e. The Labute approximate surface area is 126 Å². The molecule has 1 rings (SSSR count). The summed E-state index contributed by atoms with van der Waals surface area (Å²) in [6, 6.07) is 6.69. The molecule has 0 fully saturated rings. The zero-order valence-corrected chi connectivity index (χ0v) is 12.8. The van der Waals surface area contributed by atoms with Gasteiger partial charge in [-0.1, -0.05) is 38.8 Å². The van der Waals surface area contributed by atoms with Crippen molar-refractivity contribution >= 4 is 17.6 Å². The van der Waals surface area contributed by atoms with Crippen LogP contribution in [0.2, 0.25) is 0 Å². The molecule has 4 N–H and O–H groups in total. The molecule has 0 bridgehead atoms. The lowest BCUT2D eigenvalue weighted by Gasteiger charge is -2.15. The predicted molar refractivity (Wildman–Crippen MR) is 84.8 cm³/mol. The molecule has 0 aliphatic rings. The van der Waals surface area contributed by atoms with Crippen LogP contribution in [-0.4, -0.2) is 11.9 Å². The molecule has 5 heteroatoms. The fourth-order valence-electron chi connectivity index (χ4n) is 2.21. The Bertz CT molecular complexity index is 474. The third-order valence-electron chi connectivity index (χ3n) is 3.43. The summed E-state index contributed by atoms with van der Waals surface area (Å²) in [5, 5.41) is 5.48. The topological polar surface area (TPSA) is 84.2 Å². The van der Waals surface area contributed by atoms with Gasteiger partial charge in [-0.3, -0.25) is 4.79 Å². The normalized spacial score (nSPS) is 11.7. The van der Waals surface area contributed by atoms with Crippen molar-refractivity contribution in [3.05, 3.63) is 29.8 Å². The van der Waals surface area contributed by atoms with E-state index in [4.69, 9.17) is 5.73 Å². The van der Waals surface area contributed by atoms with Crippen LogP contribution in [0.4, 0.5) is 10.5 Å². The highest BCUT2D eigenvalue weighted by atomic mass is 16.2. The van der Waals surface area contributed by atoms with E-state index in [1.54, 1.807) is 12.1 Å². The average Bonchev–Trinajstić information content (AvgIpc) is 2.45. The highest BCUT2D eigenvalue weighted by Gasteiger charge is 2.15. The summed E-state index contributed by atoms with van der Waals surface area (Å²) in [4.78, 5) is 22.9. The molecule has 0 spiro atoms. The molecule has 3 amide bonds. The molecule has 0 aliphatic heterocycles. The van der Waals surface area contributed by atoms with E-state index in [9.17, 15) is 9.59 Å². The highest BCUT2D eigenvalue weighted by molar-refractivity contribution is 5.87. The van der Waals surface area contributed by atoms with Crippen LogP contribution in [0, 0.1) is 5.92 Å². The molecule has 1 atom stereocenters. The van der Waals surface area contributed by atoms with E-state index in [1.807, 2.05) is 19.1 Å². The molecule has 1 aromatic rings. The minimum absolute atomic E-state index is 0.0804. The van der Waals surface area contributed by atoms with E-state index in [1.165, 1.54) is 0 Å². The van der Waals surface area contributed by atoms with E-state index in [2.05, 4.69) is 17.6 Å². The zero-order chi connectivity index (χ0) is 15.7. The lowest BCUT2D eigenvalue weighted by Crippen LogP contribution is -2.30. The number of hydrogen-bond donors (Lipinski definition) is 3. The second-order valence-corrected chi connectivity index (χ2v) is 5.15. The number of primary amides is 1. The Morgan fingerprint density at radius 3 is 2.67 bits per heavy atom. The molecule has 116 valence electrons. The molecule has 0 saturated heterocycles. The standard InChI is InChI=1S/C16H25N3O2/c1-3-5-8-13(4-2)15(20)18-11-12-7-6-9-14(10-12)19-16(17)21/h6-7,9-10,13H,3-5,8,11H2,1-2H3,(H,18,20)(H3,17,19,21)/t13-/m0/s1. The SMILES string of the molecule is CCCC[C@H](CC)C(=O)NCc1cccc(NC(N)=O)c1. The molecule has 0 unspecified atom stereocenters. The lowest BCUT2D eigenvalue weighted by molar-refractivity contribution is -0.125. The summed E-state index contributed by atoms with van der Waals surface area (Å²) in [7, 11) is 0. The van der Waals surface area contributed by atoms with E-state index < -0.39 is 6.03 Å². The van der Waals surface area contributed by atoms with Crippen molar-refractivity contribution < 1.29 is 9.59 Å². The lowest BCUT2D eigenvalue weighted by atomic mass is 9.98. The Morgan fingerprint density at radius 1 is 1.29 bits per heavy atom. The number of nitrogens with two attached hydrogens (primary N) is 1. The van der Waals surface area contributed by atoms with Crippen LogP contribution in [0.1, 0.15) is 45.1 Å². The van der Waals surface area contributed by atoms with Gasteiger partial charge >= 0.3 is 6.03 Å². The molecule has 21 heavy (non-hydrogen) atoms. The minimum Gasteiger partial charge on any atom is -0.352 e. The van der Waals surface area contributed by atoms with Gasteiger partial charge in [0.1, 0.15) is 0 Å². The van der Waals surface area contributed by atoms with Crippen LogP contribution in [-0.2, 0) is 11.3 Å². The van der Waals surface area contributed by atoms with Gasteiger partial charge in [0, 0.05) is 18.2 Å². The maximum Gasteiger partial charge on any atom is 0.316 e. The van der Waals surface area contributed by atoms with Gasteiger partial charge in [-0.25, -0.2) is 4.79 Å². The van der Waals surface area contributed by atoms with E-state index in [0.29, 0.717) is 12.2 Å². The number of unbranched alkanes of at least 4 members (excludes halogenated alkanes) is 1. The van der Waals surface area contributed by atoms with Crippen molar-refractivity contribution in [2.45, 2.75) is 46.1 Å². The predicted octanol–water partition coefficient (Wildman–Crippen LogP) is 3.01. The van der Waals surface area contributed by atoms with E-state index >= 15 is 0 Å². The van der Waals surface area contributed by atoms with Crippen molar-refractivity contribution in [2.24, 2.45) is 11.7 Å². The molecular formula is C16H25N3O2. The Kier molecular flexibility index (Phi) is 7.29. The first-order chi connectivity index (χ1) is 10.1. The molecule has 0 radical (unpaired) electrons. The number of carbonyl (C=O) groups excluding carboxylic acids is 2. The number of benzene rings is 1. The van der Waals surface area contributed by atoms with Crippen LogP contribution >= 0.6 is 0 Å². The summed E-state index contributed by atoms with van der Waals surface area (Å²) < 4.78 is 0. The Hall–Kier alpha value is -2.04. The molecule has 0 aromatic heterocycles. The number of nitrogens with one attached hydrogen (secondary N) is 2. The van der Waals surface area contributed by atoms with E-state index in [0.717, 1.165) is 31.2 Å². The average molecular weight is 291 g/mol. The van der Waals surface area contributed by atoms with Crippen molar-refractivity contribution in [2.75, 3.05) is 5.32 Å². The first kappa shape index (κ1) is 17.0. The van der Waals surface area contributed by atoms with Gasteiger partial charge in [0.15, 0.2) is 0 Å². The number of carbonyl (C=O) groups is 2. The maximum absolute atomic E-state index is 12.1. The number of urea groups is 1. The molecule has 0 aliphatic carbocycles. The highest BCUT2D eigenvalue weighted by Crippen LogP contribution is 2.14. The Morgan fingerprint density at radius 2 is 2.05 bits per heavy atom. The van der Waals surface area contributed by atoms with Crippen LogP contribution in [0.25, 0.3) is 0 Å². The third-order valence-corrected chi connectivity index (χ3v) is 3.43. The van der Waals surface area contributed by atoms with Crippen molar-refractivity contribution in [3.8, 4) is 0 Å². The first-order valence-electron chi connectivity index (χ1n) is 7.49. The van der Waals surface area contributed by atoms with Crippen molar-refractivity contribution in [3.63, 3.8) is 0 Å². The minimum atomic E-state index is -0.596. The fourth-order valence-corrected chi connectivity index (χ4v) is 2.21. The summed E-state index contributed by atoms with van der Waals surface area (Å²) in [5.74, 6) is 0.177. The van der Waals surface area contributed by atoms with Gasteiger partial charge in [0.2, 0.25) is 5.91 Å². The largest absolute Gasteiger partial charge is 0.352 e. The molecule has 0 heterocycles. The van der Waals surface area contributed by atoms with Crippen molar-refractivity contribution in [1.29, 1.82) is 0 Å². The number of anilines is 1. The van der Waals surface area contributed by atoms with Gasteiger partial charge < -0.3 is 16.4 Å². The number of rotatable bonds is 8. The summed E-state index contributed by atoms with van der Waals surface area (Å²) in [6.45, 7) is 4.62. The first-order valence-corrected chi connectivity index (χ1v) is 7.49. The summed E-state index contributed by atoms with van der Waals surface area (Å²) >= 11 is 0. The third kappa shape index (κ3) is 6.29. The van der Waals surface area contributed by atoms with Gasteiger partial charge in [0.05, 0.1) is 0 Å². The van der Waals surface area contributed by atoms with Crippen LogP contribution < -0.4 is 16.4 Å². The fraction of sp³-hybridized carbons (Fsp3) is 0.500. The van der Waals surface area contributed by atoms with Crippen molar-refractivity contribution in [1.82, 2.24) is 5.32 Å². The molecule has 0 saturated carbocycles. The van der Waals surface area contributed by atoms with Crippen LogP contribution in [0.3, 0.4) is 0 Å². The Balaban J connectivity index is 2.53. The van der Waals surface area contributed by atoms with Crippen LogP contribution in [0.15, 0.2) is 24.3 Å². The molecule has 1 aromatic carbocycles. The van der Waals surface area contributed by atoms with Gasteiger partial charge in [-0.15, -0.1) is 0 Å². The molecule has 5 nitrogen and oxygen atoms in total. The maximum atomic E-state index is 12.1. The van der Waals surface area contributed by atoms with Gasteiger partial charge in [0.25, 0.3) is 0 Å². The van der Waals surface area contributed by atoms with Gasteiger partial charge in [-0.05, 0) is 30.5 Å². The van der Waals surface area contributed by atoms with Crippen LogP contribution in [0.5, 0.6) is 0 Å². The van der Waals surface area contributed by atoms with E-state index in [-0.39, 0.29) is 11.8 Å². The van der Waals surface area contributed by atoms with Gasteiger partial charge in [-0.2, -0.15) is 0 Å². The second kappa shape index (κ2) is 9.00. The summed E-state index contributed by atoms with van der Waals surface area (Å²) in [6.07, 6.45) is 3.96. The number of amides is 3. The molecular weight excluding hydrogens is 266 g/mol.